The molecule has 18 heavy (non-hydrogen) atoms. The lowest BCUT2D eigenvalue weighted by molar-refractivity contribution is -0.140. The second-order valence-electron chi connectivity index (χ2n) is 5.98. The van der Waals surface area contributed by atoms with Crippen LogP contribution in [0.5, 0.6) is 0 Å². The first-order valence-electron chi connectivity index (χ1n) is 6.74. The maximum absolute atomic E-state index is 11.7. The van der Waals surface area contributed by atoms with Gasteiger partial charge < -0.3 is 9.47 Å². The van der Waals surface area contributed by atoms with Gasteiger partial charge in [0, 0.05) is 11.5 Å². The maximum Gasteiger partial charge on any atom is 0.334 e. The molecule has 0 saturated carbocycles. The van der Waals surface area contributed by atoms with Crippen LogP contribution < -0.4 is 0 Å². The first kappa shape index (κ1) is 12.0. The van der Waals surface area contributed by atoms with E-state index in [1.165, 1.54) is 5.57 Å². The molecule has 2 heterocycles. The maximum atomic E-state index is 11.7. The van der Waals surface area contributed by atoms with Crippen molar-refractivity contribution in [2.75, 3.05) is 0 Å². The van der Waals surface area contributed by atoms with Crippen molar-refractivity contribution in [2.45, 2.75) is 57.3 Å². The van der Waals surface area contributed by atoms with Gasteiger partial charge in [0.2, 0.25) is 0 Å². The van der Waals surface area contributed by atoms with Gasteiger partial charge in [-0.2, -0.15) is 0 Å². The molecule has 2 saturated heterocycles. The minimum atomic E-state index is -0.233. The van der Waals surface area contributed by atoms with Gasteiger partial charge in [0.15, 0.2) is 0 Å². The standard InChI is InChI=1S/C15H20O3/c1-9-5-4-8-15(3)13(18-15)12-11(7-6-9)10(2)14(16)17-12/h5,11-13H,2,4,6-8H2,1,3H3/b9-5+/t11-,12?,13-,15?/m0/s1. The van der Waals surface area contributed by atoms with E-state index in [9.17, 15) is 4.79 Å². The number of hydrogen-bond acceptors (Lipinski definition) is 3. The van der Waals surface area contributed by atoms with Crippen LogP contribution in [-0.4, -0.2) is 23.8 Å². The van der Waals surface area contributed by atoms with Crippen LogP contribution in [0.3, 0.4) is 0 Å². The van der Waals surface area contributed by atoms with Gasteiger partial charge in [-0.25, -0.2) is 4.79 Å². The van der Waals surface area contributed by atoms with Crippen LogP contribution in [0.4, 0.5) is 0 Å². The predicted molar refractivity (Wildman–Crippen MR) is 68.0 cm³/mol. The summed E-state index contributed by atoms with van der Waals surface area (Å²) < 4.78 is 11.3. The van der Waals surface area contributed by atoms with Crippen molar-refractivity contribution in [1.29, 1.82) is 0 Å². The Morgan fingerprint density at radius 2 is 2.28 bits per heavy atom. The van der Waals surface area contributed by atoms with Gasteiger partial charge in [-0.1, -0.05) is 18.2 Å². The van der Waals surface area contributed by atoms with Crippen molar-refractivity contribution in [3.05, 3.63) is 23.8 Å². The Morgan fingerprint density at radius 1 is 1.50 bits per heavy atom. The summed E-state index contributed by atoms with van der Waals surface area (Å²) in [5, 5.41) is 0. The molecule has 3 rings (SSSR count). The van der Waals surface area contributed by atoms with E-state index in [0.29, 0.717) is 5.57 Å². The number of allylic oxidation sites excluding steroid dienone is 2. The van der Waals surface area contributed by atoms with Gasteiger partial charge >= 0.3 is 5.97 Å². The largest absolute Gasteiger partial charge is 0.455 e. The van der Waals surface area contributed by atoms with Crippen LogP contribution in [0.15, 0.2) is 23.8 Å². The summed E-state index contributed by atoms with van der Waals surface area (Å²) in [4.78, 5) is 11.7. The Morgan fingerprint density at radius 3 is 3.06 bits per heavy atom. The first-order chi connectivity index (χ1) is 8.51. The summed E-state index contributed by atoms with van der Waals surface area (Å²) >= 11 is 0. The van der Waals surface area contributed by atoms with E-state index in [-0.39, 0.29) is 29.7 Å². The average molecular weight is 248 g/mol. The number of rotatable bonds is 0. The molecule has 2 fully saturated rings. The van der Waals surface area contributed by atoms with Crippen LogP contribution >= 0.6 is 0 Å². The Kier molecular flexibility index (Phi) is 2.63. The lowest BCUT2D eigenvalue weighted by Gasteiger charge is -2.19. The highest BCUT2D eigenvalue weighted by Crippen LogP contribution is 2.49. The lowest BCUT2D eigenvalue weighted by Crippen LogP contribution is -2.28. The number of fused-ring (bicyclic) bond motifs is 3. The minimum absolute atomic E-state index is 0.0671. The van der Waals surface area contributed by atoms with E-state index in [1.807, 2.05) is 0 Å². The molecule has 1 aliphatic carbocycles. The molecule has 0 amide bonds. The van der Waals surface area contributed by atoms with Crippen LogP contribution in [-0.2, 0) is 14.3 Å². The molecule has 2 aliphatic heterocycles. The second-order valence-corrected chi connectivity index (χ2v) is 5.98. The Balaban J connectivity index is 1.87. The SMILES string of the molecule is C=C1C(=O)OC2[C@H]1CC/C(C)=C/CCC1(C)O[C@@H]21. The van der Waals surface area contributed by atoms with Crippen molar-refractivity contribution < 1.29 is 14.3 Å². The molecule has 3 heteroatoms. The fourth-order valence-electron chi connectivity index (χ4n) is 3.20. The lowest BCUT2D eigenvalue weighted by atomic mass is 9.84. The van der Waals surface area contributed by atoms with E-state index in [1.54, 1.807) is 0 Å². The molecule has 3 aliphatic rings. The molecule has 0 aromatic rings. The fraction of sp³-hybridized carbons (Fsp3) is 0.667. The Labute approximate surface area is 108 Å². The summed E-state index contributed by atoms with van der Waals surface area (Å²) in [5.74, 6) is -0.102. The molecule has 0 N–H and O–H groups in total. The van der Waals surface area contributed by atoms with Crippen molar-refractivity contribution in [2.24, 2.45) is 5.92 Å². The zero-order valence-electron chi connectivity index (χ0n) is 11.1. The average Bonchev–Trinajstić information content (AvgIpc) is 2.90. The molecule has 0 bridgehead atoms. The van der Waals surface area contributed by atoms with Gasteiger partial charge in [-0.3, -0.25) is 0 Å². The molecule has 0 spiro atoms. The van der Waals surface area contributed by atoms with E-state index < -0.39 is 0 Å². The number of carbonyl (C=O) groups excluding carboxylic acids is 1. The highest BCUT2D eigenvalue weighted by Gasteiger charge is 2.61. The Hall–Kier alpha value is -1.09. The topological polar surface area (TPSA) is 38.8 Å². The van der Waals surface area contributed by atoms with Crippen LogP contribution in [0, 0.1) is 5.92 Å². The third-order valence-electron chi connectivity index (χ3n) is 4.57. The highest BCUT2D eigenvalue weighted by molar-refractivity contribution is 5.91. The summed E-state index contributed by atoms with van der Waals surface area (Å²) in [5.41, 5.74) is 1.91. The number of hydrogen-bond donors (Lipinski definition) is 0. The first-order valence-corrected chi connectivity index (χ1v) is 6.74. The van der Waals surface area contributed by atoms with E-state index in [0.717, 1.165) is 25.7 Å². The molecule has 0 aromatic carbocycles. The summed E-state index contributed by atoms with van der Waals surface area (Å²) in [6, 6.07) is 0. The van der Waals surface area contributed by atoms with Gasteiger partial charge in [0.05, 0.1) is 5.60 Å². The van der Waals surface area contributed by atoms with E-state index in [4.69, 9.17) is 9.47 Å². The zero-order chi connectivity index (χ0) is 12.9. The zero-order valence-corrected chi connectivity index (χ0v) is 11.1. The Bertz CT molecular complexity index is 437. The van der Waals surface area contributed by atoms with Crippen LogP contribution in [0.2, 0.25) is 0 Å². The normalized spacial score (nSPS) is 46.6. The second kappa shape index (κ2) is 3.95. The van der Waals surface area contributed by atoms with Gasteiger partial charge in [-0.05, 0) is 39.5 Å². The molecule has 3 nitrogen and oxygen atoms in total. The van der Waals surface area contributed by atoms with Crippen molar-refractivity contribution >= 4 is 5.97 Å². The van der Waals surface area contributed by atoms with E-state index >= 15 is 0 Å². The van der Waals surface area contributed by atoms with Gasteiger partial charge in [-0.15, -0.1) is 0 Å². The molecule has 4 atom stereocenters. The minimum Gasteiger partial charge on any atom is -0.455 e. The van der Waals surface area contributed by atoms with Gasteiger partial charge in [0.1, 0.15) is 12.2 Å². The number of ether oxygens (including phenoxy) is 2. The summed E-state index contributed by atoms with van der Waals surface area (Å²) in [6.45, 7) is 8.17. The summed E-state index contributed by atoms with van der Waals surface area (Å²) in [6.07, 6.45) is 6.25. The predicted octanol–water partition coefficient (Wildman–Crippen LogP) is 2.76. The van der Waals surface area contributed by atoms with Gasteiger partial charge in [0.25, 0.3) is 0 Å². The van der Waals surface area contributed by atoms with E-state index in [2.05, 4.69) is 26.5 Å². The third kappa shape index (κ3) is 1.81. The van der Waals surface area contributed by atoms with Crippen molar-refractivity contribution in [1.82, 2.24) is 0 Å². The quantitative estimate of drug-likeness (QED) is 0.286. The molecular formula is C15H20O3. The fourth-order valence-corrected chi connectivity index (χ4v) is 3.20. The monoisotopic (exact) mass is 248 g/mol. The molecule has 0 radical (unpaired) electrons. The third-order valence-corrected chi connectivity index (χ3v) is 4.57. The number of esters is 1. The molecule has 98 valence electrons. The highest BCUT2D eigenvalue weighted by atomic mass is 16.6. The summed E-state index contributed by atoms with van der Waals surface area (Å²) in [7, 11) is 0. The smallest absolute Gasteiger partial charge is 0.334 e. The van der Waals surface area contributed by atoms with Crippen LogP contribution in [0.1, 0.15) is 39.5 Å². The number of carbonyl (C=O) groups is 1. The molecular weight excluding hydrogens is 228 g/mol. The van der Waals surface area contributed by atoms with Crippen molar-refractivity contribution in [3.8, 4) is 0 Å². The number of epoxide rings is 1. The molecule has 0 aromatic heterocycles. The molecule has 2 unspecified atom stereocenters. The van der Waals surface area contributed by atoms with Crippen molar-refractivity contribution in [3.63, 3.8) is 0 Å². The van der Waals surface area contributed by atoms with Crippen LogP contribution in [0.25, 0.3) is 0 Å².